The van der Waals surface area contributed by atoms with Crippen molar-refractivity contribution >= 4 is 5.78 Å². The number of carbonyl (C=O) groups excluding carboxylic acids is 1. The van der Waals surface area contributed by atoms with Crippen LogP contribution in [0, 0.1) is 0 Å². The summed E-state index contributed by atoms with van der Waals surface area (Å²) in [6, 6.07) is 8.64. The van der Waals surface area contributed by atoms with Gasteiger partial charge in [-0.2, -0.15) is 0 Å². The van der Waals surface area contributed by atoms with Gasteiger partial charge in [-0.25, -0.2) is 0 Å². The quantitative estimate of drug-likeness (QED) is 0.385. The zero-order chi connectivity index (χ0) is 22.3. The number of phenols is 2. The highest BCUT2D eigenvalue weighted by molar-refractivity contribution is 6.02. The van der Waals surface area contributed by atoms with E-state index >= 15 is 0 Å². The summed E-state index contributed by atoms with van der Waals surface area (Å²) >= 11 is 0. The minimum absolute atomic E-state index is 0.0156. The molecule has 0 aliphatic carbocycles. The zero-order valence-electron chi connectivity index (χ0n) is 16.2. The van der Waals surface area contributed by atoms with Crippen LogP contribution in [0.5, 0.6) is 23.0 Å². The molecule has 2 aliphatic rings. The van der Waals surface area contributed by atoms with Gasteiger partial charge in [0, 0.05) is 12.1 Å². The van der Waals surface area contributed by atoms with Crippen LogP contribution in [-0.4, -0.2) is 73.7 Å². The fourth-order valence-electron chi connectivity index (χ4n) is 3.66. The topological polar surface area (TPSA) is 166 Å². The lowest BCUT2D eigenvalue weighted by Crippen LogP contribution is -2.60. The normalized spacial score (nSPS) is 30.4. The Morgan fingerprint density at radius 3 is 2.39 bits per heavy atom. The van der Waals surface area contributed by atoms with Gasteiger partial charge >= 0.3 is 0 Å². The molecule has 0 saturated carbocycles. The van der Waals surface area contributed by atoms with Crippen molar-refractivity contribution in [3.8, 4) is 23.0 Å². The Kier molecular flexibility index (Phi) is 5.73. The second-order valence-electron chi connectivity index (χ2n) is 7.46. The molecule has 10 heteroatoms. The maximum Gasteiger partial charge on any atom is 0.229 e. The van der Waals surface area contributed by atoms with Gasteiger partial charge in [-0.1, -0.05) is 12.1 Å². The van der Waals surface area contributed by atoms with Crippen molar-refractivity contribution < 1.29 is 49.6 Å². The summed E-state index contributed by atoms with van der Waals surface area (Å²) in [6.07, 6.45) is -8.09. The number of ketones is 1. The first-order chi connectivity index (χ1) is 14.8. The fourth-order valence-corrected chi connectivity index (χ4v) is 3.66. The molecule has 1 fully saturated rings. The summed E-state index contributed by atoms with van der Waals surface area (Å²) in [5, 5.41) is 59.0. The highest BCUT2D eigenvalue weighted by Crippen LogP contribution is 2.42. The molecule has 10 nitrogen and oxygen atoms in total. The highest BCUT2D eigenvalue weighted by Gasteiger charge is 2.45. The average Bonchev–Trinajstić information content (AvgIpc) is 2.74. The van der Waals surface area contributed by atoms with E-state index in [1.165, 1.54) is 18.2 Å². The fraction of sp³-hybridized carbons (Fsp3) is 0.381. The predicted octanol–water partition coefficient (Wildman–Crippen LogP) is -0.0170. The Labute approximate surface area is 176 Å². The molecule has 31 heavy (non-hydrogen) atoms. The van der Waals surface area contributed by atoms with E-state index in [9.17, 15) is 35.4 Å². The second kappa shape index (κ2) is 8.33. The molecule has 0 aromatic heterocycles. The van der Waals surface area contributed by atoms with E-state index in [0.29, 0.717) is 5.56 Å². The van der Waals surface area contributed by atoms with Gasteiger partial charge in [-0.3, -0.25) is 4.79 Å². The number of rotatable bonds is 4. The third-order valence-corrected chi connectivity index (χ3v) is 5.34. The lowest BCUT2D eigenvalue weighted by Gasteiger charge is -2.39. The molecule has 166 valence electrons. The van der Waals surface area contributed by atoms with E-state index in [2.05, 4.69) is 0 Å². The van der Waals surface area contributed by atoms with Gasteiger partial charge in [0.1, 0.15) is 59.1 Å². The SMILES string of the molecule is O=C1C[C@@H](c2ccc(O)cc2)Oc2cc(O[C@H]3O[C@H](CO)[C@@H](O)[C@H](O)[C@H]3O)cc(O)c21. The van der Waals surface area contributed by atoms with Gasteiger partial charge in [-0.05, 0) is 17.7 Å². The molecule has 0 amide bonds. The van der Waals surface area contributed by atoms with Crippen molar-refractivity contribution in [2.75, 3.05) is 6.61 Å². The lowest BCUT2D eigenvalue weighted by atomic mass is 9.95. The first-order valence-corrected chi connectivity index (χ1v) is 9.61. The van der Waals surface area contributed by atoms with Gasteiger partial charge in [0.05, 0.1) is 13.0 Å². The third kappa shape index (κ3) is 4.03. The van der Waals surface area contributed by atoms with E-state index < -0.39 is 49.2 Å². The minimum Gasteiger partial charge on any atom is -0.508 e. The van der Waals surface area contributed by atoms with Crippen LogP contribution in [0.2, 0.25) is 0 Å². The number of phenolic OH excluding ortho intramolecular Hbond substituents is 2. The number of hydrogen-bond acceptors (Lipinski definition) is 10. The molecular weight excluding hydrogens is 412 g/mol. The molecule has 2 heterocycles. The van der Waals surface area contributed by atoms with Crippen LogP contribution in [0.3, 0.4) is 0 Å². The molecule has 6 atom stereocenters. The average molecular weight is 434 g/mol. The maximum absolute atomic E-state index is 12.6. The van der Waals surface area contributed by atoms with E-state index in [1.54, 1.807) is 12.1 Å². The van der Waals surface area contributed by atoms with Crippen LogP contribution in [0.4, 0.5) is 0 Å². The predicted molar refractivity (Wildman–Crippen MR) is 103 cm³/mol. The van der Waals surface area contributed by atoms with Gasteiger partial charge in [-0.15, -0.1) is 0 Å². The number of Topliss-reactive ketones (excluding diaryl/α,β-unsaturated/α-hetero) is 1. The molecule has 2 aromatic rings. The number of aromatic hydroxyl groups is 2. The highest BCUT2D eigenvalue weighted by atomic mass is 16.7. The third-order valence-electron chi connectivity index (χ3n) is 5.34. The Hall–Kier alpha value is -2.89. The Morgan fingerprint density at radius 2 is 1.71 bits per heavy atom. The van der Waals surface area contributed by atoms with Crippen LogP contribution in [0.15, 0.2) is 36.4 Å². The summed E-state index contributed by atoms with van der Waals surface area (Å²) in [6.45, 7) is -0.619. The summed E-state index contributed by atoms with van der Waals surface area (Å²) < 4.78 is 16.7. The number of fused-ring (bicyclic) bond motifs is 1. The molecule has 4 rings (SSSR count). The van der Waals surface area contributed by atoms with E-state index in [-0.39, 0.29) is 35.0 Å². The Morgan fingerprint density at radius 1 is 1.00 bits per heavy atom. The largest absolute Gasteiger partial charge is 0.508 e. The van der Waals surface area contributed by atoms with E-state index in [1.807, 2.05) is 0 Å². The van der Waals surface area contributed by atoms with Gasteiger partial charge < -0.3 is 44.8 Å². The molecule has 0 bridgehead atoms. The van der Waals surface area contributed by atoms with Gasteiger partial charge in [0.25, 0.3) is 0 Å². The Balaban J connectivity index is 1.59. The molecule has 6 N–H and O–H groups in total. The van der Waals surface area contributed by atoms with Crippen LogP contribution < -0.4 is 9.47 Å². The molecular formula is C21H22O10. The van der Waals surface area contributed by atoms with Crippen molar-refractivity contribution in [1.82, 2.24) is 0 Å². The van der Waals surface area contributed by atoms with Crippen molar-refractivity contribution in [3.63, 3.8) is 0 Å². The first-order valence-electron chi connectivity index (χ1n) is 9.61. The number of aliphatic hydroxyl groups is 4. The van der Waals surface area contributed by atoms with Crippen molar-refractivity contribution in [2.24, 2.45) is 0 Å². The van der Waals surface area contributed by atoms with E-state index in [0.717, 1.165) is 6.07 Å². The zero-order valence-corrected chi connectivity index (χ0v) is 16.2. The summed E-state index contributed by atoms with van der Waals surface area (Å²) in [4.78, 5) is 12.6. The second-order valence-corrected chi connectivity index (χ2v) is 7.46. The van der Waals surface area contributed by atoms with E-state index in [4.69, 9.17) is 14.2 Å². The molecule has 0 spiro atoms. The summed E-state index contributed by atoms with van der Waals surface area (Å²) in [5.41, 5.74) is 0.632. The van der Waals surface area contributed by atoms with Crippen molar-refractivity contribution in [1.29, 1.82) is 0 Å². The van der Waals surface area contributed by atoms with Crippen LogP contribution in [-0.2, 0) is 4.74 Å². The van der Waals surface area contributed by atoms with Gasteiger partial charge in [0.2, 0.25) is 6.29 Å². The number of carbonyl (C=O) groups is 1. The lowest BCUT2D eigenvalue weighted by molar-refractivity contribution is -0.277. The van der Waals surface area contributed by atoms with Crippen LogP contribution >= 0.6 is 0 Å². The molecule has 2 aromatic carbocycles. The number of benzene rings is 2. The Bertz CT molecular complexity index is 957. The minimum atomic E-state index is -1.64. The molecule has 2 aliphatic heterocycles. The van der Waals surface area contributed by atoms with Crippen molar-refractivity contribution in [3.05, 3.63) is 47.5 Å². The number of ether oxygens (including phenoxy) is 3. The molecule has 0 unspecified atom stereocenters. The molecule has 0 radical (unpaired) electrons. The number of hydrogen-bond donors (Lipinski definition) is 6. The number of aliphatic hydroxyl groups excluding tert-OH is 4. The monoisotopic (exact) mass is 434 g/mol. The maximum atomic E-state index is 12.6. The summed E-state index contributed by atoms with van der Waals surface area (Å²) in [7, 11) is 0. The van der Waals surface area contributed by atoms with Crippen LogP contribution in [0.25, 0.3) is 0 Å². The standard InChI is InChI=1S/C21H22O10/c22-8-16-18(26)19(27)20(28)21(31-16)29-11-5-12(24)17-13(25)7-14(30-15(17)6-11)9-1-3-10(23)4-2-9/h1-6,14,16,18-24,26-28H,7-8H2/t14-,16+,18+,19-,20+,21-/m0/s1. The van der Waals surface area contributed by atoms with Crippen molar-refractivity contribution in [2.45, 2.75) is 43.2 Å². The first kappa shape index (κ1) is 21.3. The van der Waals surface area contributed by atoms with Crippen LogP contribution in [0.1, 0.15) is 28.4 Å². The van der Waals surface area contributed by atoms with Gasteiger partial charge in [0.15, 0.2) is 5.78 Å². The molecule has 1 saturated heterocycles. The smallest absolute Gasteiger partial charge is 0.229 e. The summed E-state index contributed by atoms with van der Waals surface area (Å²) in [5.74, 6) is -0.657.